The molecule has 1 aromatic carbocycles. The normalized spacial score (nSPS) is 20.5. The van der Waals surface area contributed by atoms with Gasteiger partial charge in [0.2, 0.25) is 5.91 Å². The molecular formula is C16H20N2O3. The summed E-state index contributed by atoms with van der Waals surface area (Å²) < 4.78 is 0. The van der Waals surface area contributed by atoms with Gasteiger partial charge < -0.3 is 14.9 Å². The number of carbonyl (C=O) groups is 2. The number of amides is 1. The Hall–Kier alpha value is -2.04. The summed E-state index contributed by atoms with van der Waals surface area (Å²) in [6.07, 6.45) is 2.00. The molecule has 21 heavy (non-hydrogen) atoms. The molecule has 0 aromatic heterocycles. The van der Waals surface area contributed by atoms with Gasteiger partial charge in [0.25, 0.3) is 0 Å². The van der Waals surface area contributed by atoms with Crippen LogP contribution in [0.4, 0.5) is 5.69 Å². The molecule has 2 fully saturated rings. The van der Waals surface area contributed by atoms with E-state index in [4.69, 9.17) is 5.11 Å². The van der Waals surface area contributed by atoms with E-state index in [9.17, 15) is 9.59 Å². The number of hydrogen-bond donors (Lipinski definition) is 1. The van der Waals surface area contributed by atoms with Gasteiger partial charge in [0.05, 0.1) is 13.0 Å². The summed E-state index contributed by atoms with van der Waals surface area (Å²) in [4.78, 5) is 26.9. The van der Waals surface area contributed by atoms with Crippen LogP contribution < -0.4 is 4.90 Å². The lowest BCUT2D eigenvalue weighted by atomic mass is 9.90. The smallest absolute Gasteiger partial charge is 0.304 e. The standard InChI is InChI=1S/C16H20N2O3/c1-17-8-9-18(11-14(17)19)13-5-3-2-4-12(13)16(6-7-16)10-15(20)21/h2-5H,6-11H2,1H3,(H,20,21). The molecule has 1 N–H and O–H groups in total. The van der Waals surface area contributed by atoms with Crippen molar-refractivity contribution in [1.29, 1.82) is 0 Å². The van der Waals surface area contributed by atoms with E-state index in [-0.39, 0.29) is 17.7 Å². The predicted molar refractivity (Wildman–Crippen MR) is 79.5 cm³/mol. The van der Waals surface area contributed by atoms with Crippen LogP contribution in [0.1, 0.15) is 24.8 Å². The second-order valence-corrected chi connectivity index (χ2v) is 6.10. The number of carboxylic acids is 1. The number of carbonyl (C=O) groups excluding carboxylic acids is 1. The summed E-state index contributed by atoms with van der Waals surface area (Å²) in [5, 5.41) is 9.15. The van der Waals surface area contributed by atoms with Crippen molar-refractivity contribution in [2.75, 3.05) is 31.6 Å². The Kier molecular flexibility index (Phi) is 3.35. The van der Waals surface area contributed by atoms with Gasteiger partial charge in [0.15, 0.2) is 0 Å². The Morgan fingerprint density at radius 2 is 2.00 bits per heavy atom. The predicted octanol–water partition coefficient (Wildman–Crippen LogP) is 1.47. The maximum absolute atomic E-state index is 11.9. The highest BCUT2D eigenvalue weighted by Crippen LogP contribution is 2.53. The first-order chi connectivity index (χ1) is 10.0. The third-order valence-electron chi connectivity index (χ3n) is 4.62. The van der Waals surface area contributed by atoms with Gasteiger partial charge in [0, 0.05) is 31.2 Å². The van der Waals surface area contributed by atoms with Crippen LogP contribution in [0.3, 0.4) is 0 Å². The van der Waals surface area contributed by atoms with Crippen molar-refractivity contribution < 1.29 is 14.7 Å². The first-order valence-corrected chi connectivity index (χ1v) is 7.32. The monoisotopic (exact) mass is 288 g/mol. The van der Waals surface area contributed by atoms with Crippen LogP contribution in [-0.4, -0.2) is 48.6 Å². The van der Waals surface area contributed by atoms with Crippen LogP contribution in [0.5, 0.6) is 0 Å². The molecule has 1 amide bonds. The molecule has 0 bridgehead atoms. The SMILES string of the molecule is CN1CCN(c2ccccc2C2(CC(=O)O)CC2)CC1=O. The fourth-order valence-electron chi connectivity index (χ4n) is 3.14. The lowest BCUT2D eigenvalue weighted by Crippen LogP contribution is -2.49. The first-order valence-electron chi connectivity index (χ1n) is 7.32. The Morgan fingerprint density at radius 3 is 2.62 bits per heavy atom. The van der Waals surface area contributed by atoms with Gasteiger partial charge in [-0.15, -0.1) is 0 Å². The molecule has 1 aliphatic heterocycles. The van der Waals surface area contributed by atoms with Crippen molar-refractivity contribution in [1.82, 2.24) is 4.90 Å². The maximum atomic E-state index is 11.9. The molecule has 112 valence electrons. The Bertz CT molecular complexity index is 581. The molecule has 1 aromatic rings. The number of aliphatic carboxylic acids is 1. The highest BCUT2D eigenvalue weighted by molar-refractivity contribution is 5.83. The van der Waals surface area contributed by atoms with Crippen molar-refractivity contribution in [2.24, 2.45) is 0 Å². The van der Waals surface area contributed by atoms with Crippen molar-refractivity contribution >= 4 is 17.6 Å². The molecule has 0 unspecified atom stereocenters. The molecule has 0 spiro atoms. The zero-order valence-electron chi connectivity index (χ0n) is 12.2. The Labute approximate surface area is 124 Å². The average Bonchev–Trinajstić information content (AvgIpc) is 3.22. The van der Waals surface area contributed by atoms with Gasteiger partial charge in [-0.25, -0.2) is 0 Å². The van der Waals surface area contributed by atoms with Gasteiger partial charge in [0.1, 0.15) is 0 Å². The molecule has 1 aliphatic carbocycles. The highest BCUT2D eigenvalue weighted by Gasteiger charge is 2.47. The summed E-state index contributed by atoms with van der Waals surface area (Å²) in [5.41, 5.74) is 1.89. The average molecular weight is 288 g/mol. The van der Waals surface area contributed by atoms with Crippen molar-refractivity contribution in [3.63, 3.8) is 0 Å². The second-order valence-electron chi connectivity index (χ2n) is 6.10. The third-order valence-corrected chi connectivity index (χ3v) is 4.62. The van der Waals surface area contributed by atoms with Crippen LogP contribution in [0.15, 0.2) is 24.3 Å². The molecule has 1 saturated heterocycles. The second kappa shape index (κ2) is 5.06. The van der Waals surface area contributed by atoms with E-state index >= 15 is 0 Å². The van der Waals surface area contributed by atoms with Crippen LogP contribution >= 0.6 is 0 Å². The molecule has 5 heteroatoms. The lowest BCUT2D eigenvalue weighted by Gasteiger charge is -2.35. The zero-order chi connectivity index (χ0) is 15.0. The number of likely N-dealkylation sites (N-methyl/N-ethyl adjacent to an activating group) is 1. The van der Waals surface area contributed by atoms with E-state index in [0.29, 0.717) is 13.1 Å². The van der Waals surface area contributed by atoms with Crippen LogP contribution in [0.25, 0.3) is 0 Å². The van der Waals surface area contributed by atoms with Crippen molar-refractivity contribution in [3.05, 3.63) is 29.8 Å². The molecule has 3 rings (SSSR count). The summed E-state index contributed by atoms with van der Waals surface area (Å²) in [5.74, 6) is -0.643. The molecule has 0 atom stereocenters. The van der Waals surface area contributed by atoms with Crippen LogP contribution in [0, 0.1) is 0 Å². The number of nitrogens with zero attached hydrogens (tertiary/aromatic N) is 2. The summed E-state index contributed by atoms with van der Waals surface area (Å²) >= 11 is 0. The molecule has 5 nitrogen and oxygen atoms in total. The molecule has 2 aliphatic rings. The third kappa shape index (κ3) is 2.60. The van der Waals surface area contributed by atoms with Gasteiger partial charge in [-0.1, -0.05) is 18.2 Å². The molecular weight excluding hydrogens is 268 g/mol. The van der Waals surface area contributed by atoms with Gasteiger partial charge >= 0.3 is 5.97 Å². The van der Waals surface area contributed by atoms with E-state index in [1.807, 2.05) is 31.3 Å². The first kappa shape index (κ1) is 13.9. The fraction of sp³-hybridized carbons (Fsp3) is 0.500. The van der Waals surface area contributed by atoms with E-state index in [2.05, 4.69) is 4.90 Å². The highest BCUT2D eigenvalue weighted by atomic mass is 16.4. The number of para-hydroxylation sites is 1. The quantitative estimate of drug-likeness (QED) is 0.911. The van der Waals surface area contributed by atoms with E-state index in [1.165, 1.54) is 0 Å². The zero-order valence-corrected chi connectivity index (χ0v) is 12.2. The number of carboxylic acid groups (broad SMARTS) is 1. The minimum atomic E-state index is -0.753. The largest absolute Gasteiger partial charge is 0.481 e. The number of hydrogen-bond acceptors (Lipinski definition) is 3. The van der Waals surface area contributed by atoms with Gasteiger partial charge in [-0.3, -0.25) is 9.59 Å². The van der Waals surface area contributed by atoms with Gasteiger partial charge in [-0.05, 0) is 24.5 Å². The van der Waals surface area contributed by atoms with E-state index in [1.54, 1.807) is 4.90 Å². The number of rotatable bonds is 4. The Balaban J connectivity index is 1.90. The van der Waals surface area contributed by atoms with Crippen molar-refractivity contribution in [2.45, 2.75) is 24.7 Å². The topological polar surface area (TPSA) is 60.9 Å². The van der Waals surface area contributed by atoms with E-state index in [0.717, 1.165) is 30.6 Å². The van der Waals surface area contributed by atoms with E-state index < -0.39 is 5.97 Å². The van der Waals surface area contributed by atoms with Crippen LogP contribution in [-0.2, 0) is 15.0 Å². The minimum absolute atomic E-state index is 0.110. The van der Waals surface area contributed by atoms with Crippen molar-refractivity contribution in [3.8, 4) is 0 Å². The molecule has 0 radical (unpaired) electrons. The maximum Gasteiger partial charge on any atom is 0.304 e. The number of anilines is 1. The van der Waals surface area contributed by atoms with Crippen LogP contribution in [0.2, 0.25) is 0 Å². The summed E-state index contributed by atoms with van der Waals surface area (Å²) in [7, 11) is 1.82. The lowest BCUT2D eigenvalue weighted by molar-refractivity contribution is -0.137. The number of piperazine rings is 1. The summed E-state index contributed by atoms with van der Waals surface area (Å²) in [6.45, 7) is 1.87. The molecule has 1 heterocycles. The molecule has 1 saturated carbocycles. The Morgan fingerprint density at radius 1 is 1.29 bits per heavy atom. The van der Waals surface area contributed by atoms with Gasteiger partial charge in [-0.2, -0.15) is 0 Å². The minimum Gasteiger partial charge on any atom is -0.481 e. The fourth-order valence-corrected chi connectivity index (χ4v) is 3.14. The number of benzene rings is 1. The summed E-state index contributed by atoms with van der Waals surface area (Å²) in [6, 6.07) is 7.95.